The minimum Gasteiger partial charge on any atom is -0.383 e. The van der Waals surface area contributed by atoms with Gasteiger partial charge in [-0.1, -0.05) is 29.8 Å². The summed E-state index contributed by atoms with van der Waals surface area (Å²) in [5.74, 6) is -1.35. The Kier molecular flexibility index (Phi) is 6.29. The highest BCUT2D eigenvalue weighted by Gasteiger charge is 2.34. The Morgan fingerprint density at radius 2 is 1.71 bits per heavy atom. The predicted molar refractivity (Wildman–Crippen MR) is 128 cm³/mol. The van der Waals surface area contributed by atoms with Crippen LogP contribution in [-0.4, -0.2) is 40.6 Å². The lowest BCUT2D eigenvalue weighted by Gasteiger charge is -2.16. The lowest BCUT2D eigenvalue weighted by Crippen LogP contribution is -2.34. The van der Waals surface area contributed by atoms with Crippen LogP contribution in [0.1, 0.15) is 36.6 Å². The van der Waals surface area contributed by atoms with E-state index in [0.717, 1.165) is 16.5 Å². The third-order valence-electron chi connectivity index (χ3n) is 5.42. The van der Waals surface area contributed by atoms with Crippen LogP contribution in [0.2, 0.25) is 5.02 Å². The van der Waals surface area contributed by atoms with Gasteiger partial charge in [0.05, 0.1) is 21.6 Å². The molecule has 10 heteroatoms. The molecule has 0 saturated heterocycles. The molecule has 9 nitrogen and oxygen atoms in total. The Bertz CT molecular complexity index is 1310. The average Bonchev–Trinajstić information content (AvgIpc) is 3.06. The lowest BCUT2D eigenvalue weighted by atomic mass is 10.1. The van der Waals surface area contributed by atoms with E-state index in [0.29, 0.717) is 27.5 Å². The SMILES string of the molecule is Cc1ccc(NC(=O)c2cc([N+](=O)[O-])ccc2NCCN2C(=O)c3ccccc3C2=O)cc1Cl. The van der Waals surface area contributed by atoms with Crippen LogP contribution >= 0.6 is 11.6 Å². The van der Waals surface area contributed by atoms with E-state index in [2.05, 4.69) is 10.6 Å². The number of anilines is 2. The van der Waals surface area contributed by atoms with Crippen molar-refractivity contribution in [3.63, 3.8) is 0 Å². The van der Waals surface area contributed by atoms with Gasteiger partial charge in [-0.2, -0.15) is 0 Å². The molecule has 1 aliphatic heterocycles. The van der Waals surface area contributed by atoms with E-state index in [1.165, 1.54) is 12.1 Å². The summed E-state index contributed by atoms with van der Waals surface area (Å²) in [5, 5.41) is 17.4. The number of rotatable bonds is 7. The van der Waals surface area contributed by atoms with Crippen molar-refractivity contribution in [2.45, 2.75) is 6.92 Å². The Labute approximate surface area is 199 Å². The predicted octanol–water partition coefficient (Wildman–Crippen LogP) is 4.52. The van der Waals surface area contributed by atoms with Crippen molar-refractivity contribution in [3.05, 3.63) is 98.1 Å². The molecule has 0 aromatic heterocycles. The molecular weight excluding hydrogens is 460 g/mol. The first kappa shape index (κ1) is 22.9. The molecule has 0 fully saturated rings. The number of carbonyl (C=O) groups is 3. The topological polar surface area (TPSA) is 122 Å². The summed E-state index contributed by atoms with van der Waals surface area (Å²) in [6, 6.07) is 15.4. The second-order valence-corrected chi connectivity index (χ2v) is 8.05. The Morgan fingerprint density at radius 3 is 2.32 bits per heavy atom. The zero-order valence-corrected chi connectivity index (χ0v) is 18.8. The molecule has 0 bridgehead atoms. The van der Waals surface area contributed by atoms with Crippen molar-refractivity contribution in [1.82, 2.24) is 4.90 Å². The minimum absolute atomic E-state index is 0.0354. The van der Waals surface area contributed by atoms with E-state index in [4.69, 9.17) is 11.6 Å². The van der Waals surface area contributed by atoms with Crippen LogP contribution < -0.4 is 10.6 Å². The van der Waals surface area contributed by atoms with Crippen molar-refractivity contribution in [2.24, 2.45) is 0 Å². The Balaban J connectivity index is 1.51. The number of nitro benzene ring substituents is 1. The van der Waals surface area contributed by atoms with Gasteiger partial charge in [-0.3, -0.25) is 29.4 Å². The lowest BCUT2D eigenvalue weighted by molar-refractivity contribution is -0.384. The third-order valence-corrected chi connectivity index (χ3v) is 5.82. The molecule has 0 aliphatic carbocycles. The van der Waals surface area contributed by atoms with Gasteiger partial charge >= 0.3 is 0 Å². The second-order valence-electron chi connectivity index (χ2n) is 7.64. The highest BCUT2D eigenvalue weighted by Crippen LogP contribution is 2.26. The summed E-state index contributed by atoms with van der Waals surface area (Å²) < 4.78 is 0. The number of imide groups is 1. The van der Waals surface area contributed by atoms with Crippen LogP contribution in [0.25, 0.3) is 0 Å². The number of aryl methyl sites for hydroxylation is 1. The van der Waals surface area contributed by atoms with Crippen molar-refractivity contribution < 1.29 is 19.3 Å². The van der Waals surface area contributed by atoms with Gasteiger partial charge in [0.1, 0.15) is 0 Å². The van der Waals surface area contributed by atoms with Gasteiger partial charge in [-0.15, -0.1) is 0 Å². The summed E-state index contributed by atoms with van der Waals surface area (Å²) in [7, 11) is 0. The molecule has 3 aromatic rings. The number of halogens is 1. The van der Waals surface area contributed by atoms with E-state index in [1.54, 1.807) is 42.5 Å². The number of fused-ring (bicyclic) bond motifs is 1. The van der Waals surface area contributed by atoms with Crippen molar-refractivity contribution in [2.75, 3.05) is 23.7 Å². The number of nitro groups is 1. The van der Waals surface area contributed by atoms with Gasteiger partial charge in [-0.25, -0.2) is 0 Å². The minimum atomic E-state index is -0.595. The summed E-state index contributed by atoms with van der Waals surface area (Å²) >= 11 is 6.12. The first-order valence-electron chi connectivity index (χ1n) is 10.3. The standard InChI is InChI=1S/C24H19ClN4O5/c1-14-6-7-15(12-20(14)25)27-22(30)19-13-16(29(33)34)8-9-21(19)26-10-11-28-23(31)17-4-2-3-5-18(17)24(28)32/h2-9,12-13,26H,10-11H2,1H3,(H,27,30). The maximum Gasteiger partial charge on any atom is 0.270 e. The Hall–Kier alpha value is -4.24. The summed E-state index contributed by atoms with van der Waals surface area (Å²) in [4.78, 5) is 49.8. The monoisotopic (exact) mass is 478 g/mol. The molecule has 1 aliphatic rings. The quantitative estimate of drug-likeness (QED) is 0.292. The number of hydrogen-bond donors (Lipinski definition) is 2. The molecule has 1 heterocycles. The fourth-order valence-electron chi connectivity index (χ4n) is 3.60. The van der Waals surface area contributed by atoms with Crippen molar-refractivity contribution in [3.8, 4) is 0 Å². The van der Waals surface area contributed by atoms with Gasteiger partial charge in [-0.05, 0) is 42.8 Å². The van der Waals surface area contributed by atoms with Gasteiger partial charge in [0.2, 0.25) is 0 Å². The number of benzene rings is 3. The number of non-ortho nitro benzene ring substituents is 1. The van der Waals surface area contributed by atoms with Crippen molar-refractivity contribution in [1.29, 1.82) is 0 Å². The van der Waals surface area contributed by atoms with Crippen LogP contribution in [0.5, 0.6) is 0 Å². The molecule has 0 atom stereocenters. The maximum atomic E-state index is 12.9. The largest absolute Gasteiger partial charge is 0.383 e. The van der Waals surface area contributed by atoms with Crippen LogP contribution in [-0.2, 0) is 0 Å². The van der Waals surface area contributed by atoms with Gasteiger partial charge in [0, 0.05) is 41.6 Å². The average molecular weight is 479 g/mol. The van der Waals surface area contributed by atoms with Gasteiger partial charge in [0.25, 0.3) is 23.4 Å². The van der Waals surface area contributed by atoms with E-state index < -0.39 is 10.8 Å². The van der Waals surface area contributed by atoms with Crippen LogP contribution in [0.4, 0.5) is 17.1 Å². The number of nitrogens with one attached hydrogen (secondary N) is 2. The zero-order chi connectivity index (χ0) is 24.4. The molecule has 0 saturated carbocycles. The maximum absolute atomic E-state index is 12.9. The summed E-state index contributed by atoms with van der Waals surface area (Å²) in [5.41, 5.74) is 2.07. The number of hydrogen-bond acceptors (Lipinski definition) is 6. The number of amides is 3. The highest BCUT2D eigenvalue weighted by molar-refractivity contribution is 6.31. The van der Waals surface area contributed by atoms with E-state index in [-0.39, 0.29) is 36.2 Å². The Morgan fingerprint density at radius 1 is 1.03 bits per heavy atom. The molecular formula is C24H19ClN4O5. The highest BCUT2D eigenvalue weighted by atomic mass is 35.5. The van der Waals surface area contributed by atoms with Crippen LogP contribution in [0.3, 0.4) is 0 Å². The molecule has 34 heavy (non-hydrogen) atoms. The summed E-state index contributed by atoms with van der Waals surface area (Å²) in [6.07, 6.45) is 0. The second kappa shape index (κ2) is 9.32. The number of nitrogens with zero attached hydrogens (tertiary/aromatic N) is 2. The zero-order valence-electron chi connectivity index (χ0n) is 18.0. The summed E-state index contributed by atoms with van der Waals surface area (Å²) in [6.45, 7) is 2.02. The van der Waals surface area contributed by atoms with E-state index >= 15 is 0 Å². The third kappa shape index (κ3) is 4.46. The smallest absolute Gasteiger partial charge is 0.270 e. The molecule has 3 aromatic carbocycles. The van der Waals surface area contributed by atoms with Gasteiger partial charge in [0.15, 0.2) is 0 Å². The normalized spacial score (nSPS) is 12.5. The molecule has 0 spiro atoms. The van der Waals surface area contributed by atoms with E-state index in [9.17, 15) is 24.5 Å². The molecule has 4 rings (SSSR count). The van der Waals surface area contributed by atoms with Crippen LogP contribution in [0.15, 0.2) is 60.7 Å². The first-order valence-corrected chi connectivity index (χ1v) is 10.7. The molecule has 0 radical (unpaired) electrons. The van der Waals surface area contributed by atoms with Crippen molar-refractivity contribution >= 4 is 46.4 Å². The number of carbonyl (C=O) groups excluding carboxylic acids is 3. The first-order chi connectivity index (χ1) is 16.3. The fourth-order valence-corrected chi connectivity index (χ4v) is 3.78. The van der Waals surface area contributed by atoms with Crippen LogP contribution in [0, 0.1) is 17.0 Å². The molecule has 2 N–H and O–H groups in total. The molecule has 172 valence electrons. The molecule has 3 amide bonds. The fraction of sp³-hybridized carbons (Fsp3) is 0.125. The molecule has 0 unspecified atom stereocenters. The van der Waals surface area contributed by atoms with E-state index in [1.807, 2.05) is 6.92 Å². The van der Waals surface area contributed by atoms with Gasteiger partial charge < -0.3 is 10.6 Å².